The molecule has 5 nitrogen and oxygen atoms in total. The number of carbonyl (C=O) groups is 2. The summed E-state index contributed by atoms with van der Waals surface area (Å²) in [5.74, 6) is -2.21. The number of esters is 1. The minimum atomic E-state index is -0.825. The highest BCUT2D eigenvalue weighted by Crippen LogP contribution is 2.18. The van der Waals surface area contributed by atoms with Gasteiger partial charge in [-0.05, 0) is 35.7 Å². The van der Waals surface area contributed by atoms with E-state index >= 15 is 0 Å². The van der Waals surface area contributed by atoms with Crippen molar-refractivity contribution < 1.29 is 27.8 Å². The highest BCUT2D eigenvalue weighted by atomic mass is 19.1. The van der Waals surface area contributed by atoms with Gasteiger partial charge in [0.25, 0.3) is 5.91 Å². The minimum absolute atomic E-state index is 0.0648. The average Bonchev–Trinajstić information content (AvgIpc) is 2.57. The fourth-order valence-electron chi connectivity index (χ4n) is 2.10. The van der Waals surface area contributed by atoms with Crippen LogP contribution in [0.25, 0.3) is 0 Å². The van der Waals surface area contributed by atoms with Gasteiger partial charge in [-0.1, -0.05) is 26.0 Å². The first-order chi connectivity index (χ1) is 12.3. The first-order valence-electron chi connectivity index (χ1n) is 7.98. The first-order valence-corrected chi connectivity index (χ1v) is 7.98. The fraction of sp³-hybridized carbons (Fsp3) is 0.263. The number of ether oxygens (including phenoxy) is 2. The van der Waals surface area contributed by atoms with Crippen molar-refractivity contribution in [2.75, 3.05) is 18.5 Å². The van der Waals surface area contributed by atoms with Crippen molar-refractivity contribution in [2.45, 2.75) is 19.8 Å². The summed E-state index contributed by atoms with van der Waals surface area (Å²) in [7, 11) is 0. The standard InChI is InChI=1S/C19H19F2NO4/c1-12(2)13-3-5-17(6-4-13)25-11-19(24)26-10-18(23)22-16-8-14(20)7-15(21)9-16/h3-9,12H,10-11H2,1-2H3,(H,22,23). The molecular formula is C19H19F2NO4. The Hall–Kier alpha value is -2.96. The van der Waals surface area contributed by atoms with Crippen molar-refractivity contribution >= 4 is 17.6 Å². The summed E-state index contributed by atoms with van der Waals surface area (Å²) in [5.41, 5.74) is 1.08. The topological polar surface area (TPSA) is 64.6 Å². The summed E-state index contributed by atoms with van der Waals surface area (Å²) in [5, 5.41) is 2.23. The lowest BCUT2D eigenvalue weighted by Crippen LogP contribution is -2.23. The highest BCUT2D eigenvalue weighted by Gasteiger charge is 2.10. The van der Waals surface area contributed by atoms with Crippen LogP contribution in [0.2, 0.25) is 0 Å². The Bertz CT molecular complexity index is 755. The Kier molecular flexibility index (Phi) is 6.66. The zero-order valence-corrected chi connectivity index (χ0v) is 14.4. The second-order valence-corrected chi connectivity index (χ2v) is 5.88. The minimum Gasteiger partial charge on any atom is -0.482 e. The van der Waals surface area contributed by atoms with E-state index in [0.717, 1.165) is 17.7 Å². The monoisotopic (exact) mass is 363 g/mol. The number of hydrogen-bond donors (Lipinski definition) is 1. The molecule has 2 aromatic carbocycles. The number of anilines is 1. The third-order valence-electron chi connectivity index (χ3n) is 3.41. The maximum atomic E-state index is 13.0. The summed E-state index contributed by atoms with van der Waals surface area (Å²) in [4.78, 5) is 23.3. The van der Waals surface area contributed by atoms with Gasteiger partial charge >= 0.3 is 5.97 Å². The van der Waals surface area contributed by atoms with E-state index in [9.17, 15) is 18.4 Å². The molecular weight excluding hydrogens is 344 g/mol. The van der Waals surface area contributed by atoms with Crippen molar-refractivity contribution in [2.24, 2.45) is 0 Å². The van der Waals surface area contributed by atoms with Gasteiger partial charge in [0.2, 0.25) is 0 Å². The van der Waals surface area contributed by atoms with E-state index in [0.29, 0.717) is 17.7 Å². The number of hydrogen-bond acceptors (Lipinski definition) is 4. The Morgan fingerprint density at radius 1 is 1.00 bits per heavy atom. The number of carbonyl (C=O) groups excluding carboxylic acids is 2. The van der Waals surface area contributed by atoms with Crippen LogP contribution in [0.1, 0.15) is 25.3 Å². The van der Waals surface area contributed by atoms with Crippen LogP contribution in [0.3, 0.4) is 0 Å². The van der Waals surface area contributed by atoms with Crippen LogP contribution in [0.15, 0.2) is 42.5 Å². The van der Waals surface area contributed by atoms with Gasteiger partial charge in [0.05, 0.1) is 0 Å². The van der Waals surface area contributed by atoms with E-state index in [1.165, 1.54) is 0 Å². The van der Waals surface area contributed by atoms with Crippen molar-refractivity contribution in [3.05, 3.63) is 59.7 Å². The van der Waals surface area contributed by atoms with E-state index in [1.54, 1.807) is 12.1 Å². The van der Waals surface area contributed by atoms with Gasteiger partial charge in [-0.15, -0.1) is 0 Å². The molecule has 0 bridgehead atoms. The van der Waals surface area contributed by atoms with Crippen LogP contribution in [0.4, 0.5) is 14.5 Å². The van der Waals surface area contributed by atoms with Gasteiger partial charge < -0.3 is 14.8 Å². The molecule has 0 spiro atoms. The number of amides is 1. The Balaban J connectivity index is 1.74. The molecule has 0 aliphatic carbocycles. The molecule has 0 aliphatic heterocycles. The Morgan fingerprint density at radius 2 is 1.62 bits per heavy atom. The molecule has 2 rings (SSSR count). The van der Waals surface area contributed by atoms with E-state index in [2.05, 4.69) is 19.2 Å². The van der Waals surface area contributed by atoms with Crippen molar-refractivity contribution in [3.8, 4) is 5.75 Å². The Morgan fingerprint density at radius 3 is 2.19 bits per heavy atom. The smallest absolute Gasteiger partial charge is 0.344 e. The van der Waals surface area contributed by atoms with Gasteiger partial charge in [0.1, 0.15) is 17.4 Å². The van der Waals surface area contributed by atoms with Gasteiger partial charge in [0.15, 0.2) is 13.2 Å². The van der Waals surface area contributed by atoms with Crippen molar-refractivity contribution in [1.82, 2.24) is 0 Å². The maximum Gasteiger partial charge on any atom is 0.344 e. The molecule has 7 heteroatoms. The van der Waals surface area contributed by atoms with Crippen LogP contribution < -0.4 is 10.1 Å². The van der Waals surface area contributed by atoms with E-state index < -0.39 is 30.1 Å². The predicted octanol–water partition coefficient (Wildman–Crippen LogP) is 3.65. The van der Waals surface area contributed by atoms with Crippen LogP contribution in [0.5, 0.6) is 5.75 Å². The second kappa shape index (κ2) is 8.94. The number of benzene rings is 2. The quantitative estimate of drug-likeness (QED) is 0.763. The molecule has 0 saturated heterocycles. The lowest BCUT2D eigenvalue weighted by atomic mass is 10.0. The highest BCUT2D eigenvalue weighted by molar-refractivity contribution is 5.92. The maximum absolute atomic E-state index is 13.0. The molecule has 0 fully saturated rings. The van der Waals surface area contributed by atoms with Crippen LogP contribution in [-0.2, 0) is 14.3 Å². The van der Waals surface area contributed by atoms with Crippen LogP contribution >= 0.6 is 0 Å². The zero-order valence-electron chi connectivity index (χ0n) is 14.4. The molecule has 0 heterocycles. The molecule has 2 aromatic rings. The number of nitrogens with one attached hydrogen (secondary N) is 1. The molecule has 0 aromatic heterocycles. The third-order valence-corrected chi connectivity index (χ3v) is 3.41. The first kappa shape index (κ1) is 19.4. The number of halogens is 2. The molecule has 26 heavy (non-hydrogen) atoms. The van der Waals surface area contributed by atoms with Gasteiger partial charge in [0, 0.05) is 11.8 Å². The molecule has 0 aliphatic rings. The molecule has 0 unspecified atom stereocenters. The molecule has 1 N–H and O–H groups in total. The van der Waals surface area contributed by atoms with Gasteiger partial charge in [-0.25, -0.2) is 13.6 Å². The summed E-state index contributed by atoms with van der Waals surface area (Å²) >= 11 is 0. The van der Waals surface area contributed by atoms with Gasteiger partial charge in [-0.3, -0.25) is 4.79 Å². The molecule has 0 atom stereocenters. The van der Waals surface area contributed by atoms with Crippen LogP contribution in [0, 0.1) is 11.6 Å². The van der Waals surface area contributed by atoms with Crippen molar-refractivity contribution in [1.29, 1.82) is 0 Å². The van der Waals surface area contributed by atoms with Crippen molar-refractivity contribution in [3.63, 3.8) is 0 Å². The largest absolute Gasteiger partial charge is 0.482 e. The Labute approximate surface area is 149 Å². The number of rotatable bonds is 7. The SMILES string of the molecule is CC(C)c1ccc(OCC(=O)OCC(=O)Nc2cc(F)cc(F)c2)cc1. The fourth-order valence-corrected chi connectivity index (χ4v) is 2.10. The average molecular weight is 363 g/mol. The zero-order chi connectivity index (χ0) is 19.1. The molecule has 0 radical (unpaired) electrons. The molecule has 138 valence electrons. The van der Waals surface area contributed by atoms with E-state index in [1.807, 2.05) is 12.1 Å². The summed E-state index contributed by atoms with van der Waals surface area (Å²) in [6, 6.07) is 9.87. The third kappa shape index (κ3) is 6.16. The van der Waals surface area contributed by atoms with E-state index in [4.69, 9.17) is 9.47 Å². The summed E-state index contributed by atoms with van der Waals surface area (Å²) in [6.45, 7) is 3.18. The molecule has 1 amide bonds. The predicted molar refractivity (Wildman–Crippen MR) is 92.0 cm³/mol. The second-order valence-electron chi connectivity index (χ2n) is 5.88. The van der Waals surface area contributed by atoms with E-state index in [-0.39, 0.29) is 12.3 Å². The summed E-state index contributed by atoms with van der Waals surface area (Å²) in [6.07, 6.45) is 0. The van der Waals surface area contributed by atoms with Gasteiger partial charge in [-0.2, -0.15) is 0 Å². The lowest BCUT2D eigenvalue weighted by molar-refractivity contribution is -0.149. The lowest BCUT2D eigenvalue weighted by Gasteiger charge is -2.09. The summed E-state index contributed by atoms with van der Waals surface area (Å²) < 4.78 is 36.1. The normalized spacial score (nSPS) is 10.5. The van der Waals surface area contributed by atoms with Crippen LogP contribution in [-0.4, -0.2) is 25.1 Å². The molecule has 0 saturated carbocycles.